The molecule has 6 heteroatoms. The lowest BCUT2D eigenvalue weighted by atomic mass is 10.1. The van der Waals surface area contributed by atoms with Gasteiger partial charge < -0.3 is 4.90 Å². The molecule has 0 unspecified atom stereocenters. The minimum absolute atomic E-state index is 0.195. The van der Waals surface area contributed by atoms with Crippen LogP contribution in [0.15, 0.2) is 54.6 Å². The zero-order valence-electron chi connectivity index (χ0n) is 14.5. The lowest BCUT2D eigenvalue weighted by molar-refractivity contribution is 0.0784. The van der Waals surface area contributed by atoms with E-state index < -0.39 is 0 Å². The molecule has 0 aliphatic heterocycles. The van der Waals surface area contributed by atoms with Crippen molar-refractivity contribution in [3.05, 3.63) is 82.1 Å². The van der Waals surface area contributed by atoms with E-state index in [-0.39, 0.29) is 5.91 Å². The number of carbonyl (C=O) groups excluding carboxylic acids is 1. The lowest BCUT2D eigenvalue weighted by Crippen LogP contribution is -2.26. The van der Waals surface area contributed by atoms with Gasteiger partial charge in [-0.25, -0.2) is 4.68 Å². The molecule has 0 N–H and O–H groups in total. The zero-order valence-corrected chi connectivity index (χ0v) is 15.2. The molecule has 0 saturated carbocycles. The van der Waals surface area contributed by atoms with E-state index in [1.807, 2.05) is 42.5 Å². The van der Waals surface area contributed by atoms with Crippen molar-refractivity contribution in [3.63, 3.8) is 0 Å². The normalized spacial score (nSPS) is 10.4. The van der Waals surface area contributed by atoms with Crippen molar-refractivity contribution < 1.29 is 4.79 Å². The molecule has 26 heavy (non-hydrogen) atoms. The van der Waals surface area contributed by atoms with E-state index in [9.17, 15) is 4.79 Å². The van der Waals surface area contributed by atoms with Crippen LogP contribution in [0.25, 0.3) is 5.69 Å². The summed E-state index contributed by atoms with van der Waals surface area (Å²) < 4.78 is 1.57. The molecule has 3 aromatic rings. The van der Waals surface area contributed by atoms with Gasteiger partial charge in [0.15, 0.2) is 0 Å². The van der Waals surface area contributed by atoms with Crippen molar-refractivity contribution in [2.24, 2.45) is 0 Å². The van der Waals surface area contributed by atoms with E-state index in [1.54, 1.807) is 35.7 Å². The van der Waals surface area contributed by atoms with Gasteiger partial charge in [0.2, 0.25) is 0 Å². The first-order chi connectivity index (χ1) is 12.5. The molecule has 2 aromatic carbocycles. The van der Waals surface area contributed by atoms with Crippen LogP contribution in [0.1, 0.15) is 27.2 Å². The van der Waals surface area contributed by atoms with E-state index in [0.717, 1.165) is 11.3 Å². The molecule has 0 saturated heterocycles. The smallest absolute Gasteiger partial charge is 0.258 e. The predicted octanol–water partition coefficient (Wildman–Crippen LogP) is 3.98. The standard InChI is InChI=1S/C20H17ClN4O/c1-14-18(19(21)25(23-14)17-6-4-3-5-7-17)20(26)24(2)13-16-10-8-15(12-22)9-11-16/h3-11H,13H2,1-2H3. The highest BCUT2D eigenvalue weighted by molar-refractivity contribution is 6.33. The Morgan fingerprint density at radius 1 is 1.19 bits per heavy atom. The van der Waals surface area contributed by atoms with Crippen LogP contribution in [0.5, 0.6) is 0 Å². The van der Waals surface area contributed by atoms with Gasteiger partial charge in [0.25, 0.3) is 5.91 Å². The van der Waals surface area contributed by atoms with E-state index in [1.165, 1.54) is 0 Å². The predicted molar refractivity (Wildman–Crippen MR) is 100 cm³/mol. The summed E-state index contributed by atoms with van der Waals surface area (Å²) in [5.74, 6) is -0.195. The number of aromatic nitrogens is 2. The molecule has 1 heterocycles. The molecular weight excluding hydrogens is 348 g/mol. The van der Waals surface area contributed by atoms with E-state index >= 15 is 0 Å². The summed E-state index contributed by atoms with van der Waals surface area (Å²) in [5.41, 5.74) is 3.30. The van der Waals surface area contributed by atoms with Crippen molar-refractivity contribution in [2.75, 3.05) is 7.05 Å². The minimum Gasteiger partial charge on any atom is -0.337 e. The van der Waals surface area contributed by atoms with Crippen molar-refractivity contribution >= 4 is 17.5 Å². The molecular formula is C20H17ClN4O. The summed E-state index contributed by atoms with van der Waals surface area (Å²) in [7, 11) is 1.72. The highest BCUT2D eigenvalue weighted by Crippen LogP contribution is 2.25. The first kappa shape index (κ1) is 17.7. The zero-order chi connectivity index (χ0) is 18.7. The maximum absolute atomic E-state index is 12.9. The molecule has 3 rings (SSSR count). The second-order valence-electron chi connectivity index (χ2n) is 5.97. The second-order valence-corrected chi connectivity index (χ2v) is 6.33. The number of carbonyl (C=O) groups is 1. The highest BCUT2D eigenvalue weighted by atomic mass is 35.5. The molecule has 1 aromatic heterocycles. The average molecular weight is 365 g/mol. The number of nitrogens with zero attached hydrogens (tertiary/aromatic N) is 4. The Bertz CT molecular complexity index is 972. The number of halogens is 1. The van der Waals surface area contributed by atoms with E-state index in [0.29, 0.717) is 28.5 Å². The van der Waals surface area contributed by atoms with Gasteiger partial charge in [-0.3, -0.25) is 4.79 Å². The Kier molecular flexibility index (Phi) is 5.06. The first-order valence-corrected chi connectivity index (χ1v) is 8.44. The number of benzene rings is 2. The molecule has 0 bridgehead atoms. The summed E-state index contributed by atoms with van der Waals surface area (Å²) in [6, 6.07) is 18.7. The second kappa shape index (κ2) is 7.42. The van der Waals surface area contributed by atoms with Crippen molar-refractivity contribution in [3.8, 4) is 11.8 Å². The fraction of sp³-hybridized carbons (Fsp3) is 0.150. The molecule has 0 radical (unpaired) electrons. The topological polar surface area (TPSA) is 61.9 Å². The Balaban J connectivity index is 1.85. The first-order valence-electron chi connectivity index (χ1n) is 8.06. The van der Waals surface area contributed by atoms with Gasteiger partial charge in [-0.15, -0.1) is 0 Å². The van der Waals surface area contributed by atoms with Crippen LogP contribution < -0.4 is 0 Å². The lowest BCUT2D eigenvalue weighted by Gasteiger charge is -2.17. The van der Waals surface area contributed by atoms with Gasteiger partial charge in [0.05, 0.1) is 28.6 Å². The number of nitriles is 1. The van der Waals surface area contributed by atoms with Crippen LogP contribution in [0, 0.1) is 18.3 Å². The third kappa shape index (κ3) is 3.46. The average Bonchev–Trinajstić information content (AvgIpc) is 2.96. The Hall–Kier alpha value is -3.10. The molecule has 0 aliphatic rings. The van der Waals surface area contributed by atoms with Crippen LogP contribution in [-0.4, -0.2) is 27.6 Å². The molecule has 0 spiro atoms. The van der Waals surface area contributed by atoms with Crippen LogP contribution in [-0.2, 0) is 6.54 Å². The maximum Gasteiger partial charge on any atom is 0.258 e. The minimum atomic E-state index is -0.195. The molecule has 0 fully saturated rings. The number of hydrogen-bond acceptors (Lipinski definition) is 3. The van der Waals surface area contributed by atoms with Crippen LogP contribution in [0.2, 0.25) is 5.15 Å². The molecule has 0 aliphatic carbocycles. The van der Waals surface area contributed by atoms with Crippen molar-refractivity contribution in [1.29, 1.82) is 5.26 Å². The number of para-hydroxylation sites is 1. The fourth-order valence-corrected chi connectivity index (χ4v) is 3.06. The van der Waals surface area contributed by atoms with E-state index in [2.05, 4.69) is 11.2 Å². The van der Waals surface area contributed by atoms with Crippen molar-refractivity contribution in [1.82, 2.24) is 14.7 Å². The van der Waals surface area contributed by atoms with Gasteiger partial charge in [-0.2, -0.15) is 10.4 Å². The number of amides is 1. The molecule has 0 atom stereocenters. The van der Waals surface area contributed by atoms with Gasteiger partial charge >= 0.3 is 0 Å². The highest BCUT2D eigenvalue weighted by Gasteiger charge is 2.23. The number of aryl methyl sites for hydroxylation is 1. The Labute approximate surface area is 157 Å². The Morgan fingerprint density at radius 2 is 1.85 bits per heavy atom. The fourth-order valence-electron chi connectivity index (χ4n) is 2.70. The number of hydrogen-bond donors (Lipinski definition) is 0. The summed E-state index contributed by atoms with van der Waals surface area (Å²) in [4.78, 5) is 14.5. The van der Waals surface area contributed by atoms with Crippen molar-refractivity contribution in [2.45, 2.75) is 13.5 Å². The maximum atomic E-state index is 12.9. The van der Waals surface area contributed by atoms with Gasteiger partial charge in [0.1, 0.15) is 5.15 Å². The van der Waals surface area contributed by atoms with Crippen LogP contribution >= 0.6 is 11.6 Å². The summed E-state index contributed by atoms with van der Waals surface area (Å²) in [5, 5.41) is 13.6. The monoisotopic (exact) mass is 364 g/mol. The number of rotatable bonds is 4. The molecule has 130 valence electrons. The third-order valence-corrected chi connectivity index (χ3v) is 4.42. The third-order valence-electron chi connectivity index (χ3n) is 4.07. The molecule has 1 amide bonds. The summed E-state index contributed by atoms with van der Waals surface area (Å²) in [6.45, 7) is 2.19. The Morgan fingerprint density at radius 3 is 2.46 bits per heavy atom. The summed E-state index contributed by atoms with van der Waals surface area (Å²) >= 11 is 6.46. The van der Waals surface area contributed by atoms with Crippen LogP contribution in [0.4, 0.5) is 0 Å². The quantitative estimate of drug-likeness (QED) is 0.703. The van der Waals surface area contributed by atoms with E-state index in [4.69, 9.17) is 16.9 Å². The SMILES string of the molecule is Cc1nn(-c2ccccc2)c(Cl)c1C(=O)N(C)Cc1ccc(C#N)cc1. The van der Waals surface area contributed by atoms with Gasteiger partial charge in [-0.05, 0) is 36.8 Å². The van der Waals surface area contributed by atoms with Crippen LogP contribution in [0.3, 0.4) is 0 Å². The summed E-state index contributed by atoms with van der Waals surface area (Å²) in [6.07, 6.45) is 0. The largest absolute Gasteiger partial charge is 0.337 e. The molecule has 5 nitrogen and oxygen atoms in total. The van der Waals surface area contributed by atoms with Gasteiger partial charge in [-0.1, -0.05) is 41.9 Å². The van der Waals surface area contributed by atoms with Gasteiger partial charge in [0, 0.05) is 13.6 Å².